The van der Waals surface area contributed by atoms with Crippen molar-refractivity contribution in [3.8, 4) is 5.75 Å². The predicted octanol–water partition coefficient (Wildman–Crippen LogP) is 4.53. The summed E-state index contributed by atoms with van der Waals surface area (Å²) >= 11 is 0. The van der Waals surface area contributed by atoms with Crippen LogP contribution in [0.4, 0.5) is 0 Å². The van der Waals surface area contributed by atoms with Crippen LogP contribution >= 0.6 is 0 Å². The summed E-state index contributed by atoms with van der Waals surface area (Å²) in [5, 5.41) is 11.2. The number of hydrogen-bond donors (Lipinski definition) is 1. The number of carbonyl (C=O) groups excluding carboxylic acids is 2. The quantitative estimate of drug-likeness (QED) is 0.375. The molecule has 1 aromatic heterocycles. The molecule has 0 aliphatic carbocycles. The summed E-state index contributed by atoms with van der Waals surface area (Å²) in [6.45, 7) is 3.91. The van der Waals surface area contributed by atoms with Gasteiger partial charge >= 0.3 is 0 Å². The highest BCUT2D eigenvalue weighted by molar-refractivity contribution is 6.46. The Kier molecular flexibility index (Phi) is 5.38. The number of nitrogens with zero attached hydrogens (tertiary/aromatic N) is 1. The number of methoxy groups -OCH3 is 1. The number of Topliss-reactive ketones (excluding diaryl/α,β-unsaturated/α-hetero) is 1. The van der Waals surface area contributed by atoms with Crippen molar-refractivity contribution in [1.29, 1.82) is 0 Å². The summed E-state index contributed by atoms with van der Waals surface area (Å²) in [6, 6.07) is 15.5. The van der Waals surface area contributed by atoms with E-state index in [0.717, 1.165) is 16.7 Å². The second kappa shape index (κ2) is 8.14. The molecule has 1 atom stereocenters. The molecule has 3 aromatic rings. The van der Waals surface area contributed by atoms with Crippen LogP contribution in [-0.2, 0) is 16.1 Å². The Balaban J connectivity index is 1.87. The zero-order valence-electron chi connectivity index (χ0n) is 17.6. The Morgan fingerprint density at radius 2 is 1.90 bits per heavy atom. The normalized spacial score (nSPS) is 17.9. The van der Waals surface area contributed by atoms with Crippen LogP contribution in [0.5, 0.6) is 5.75 Å². The van der Waals surface area contributed by atoms with Gasteiger partial charge in [-0.05, 0) is 55.3 Å². The molecule has 158 valence electrons. The summed E-state index contributed by atoms with van der Waals surface area (Å²) < 4.78 is 10.7. The minimum Gasteiger partial charge on any atom is -0.507 e. The number of ketones is 1. The number of aliphatic hydroxyl groups is 1. The molecule has 2 aromatic carbocycles. The van der Waals surface area contributed by atoms with E-state index < -0.39 is 17.7 Å². The fraction of sp³-hybridized carbons (Fsp3) is 0.200. The van der Waals surface area contributed by atoms with E-state index in [0.29, 0.717) is 17.1 Å². The Morgan fingerprint density at radius 1 is 1.10 bits per heavy atom. The zero-order valence-corrected chi connectivity index (χ0v) is 17.6. The molecule has 0 radical (unpaired) electrons. The molecule has 0 bridgehead atoms. The van der Waals surface area contributed by atoms with Crippen molar-refractivity contribution >= 4 is 17.4 Å². The summed E-state index contributed by atoms with van der Waals surface area (Å²) in [6.07, 6.45) is 1.52. The standard InChI is InChI=1S/C25H23NO5/c1-15-6-4-7-17(12-15)22-21(23(27)18-9-10-20(30-3)16(2)13-18)24(28)25(29)26(22)14-19-8-5-11-31-19/h4-13,22,27H,14H2,1-3H3/b23-21-. The van der Waals surface area contributed by atoms with Crippen LogP contribution in [0, 0.1) is 13.8 Å². The number of rotatable bonds is 5. The van der Waals surface area contributed by atoms with Crippen LogP contribution in [0.15, 0.2) is 70.9 Å². The van der Waals surface area contributed by atoms with Gasteiger partial charge in [0.25, 0.3) is 11.7 Å². The maximum Gasteiger partial charge on any atom is 0.296 e. The SMILES string of the molecule is COc1ccc(/C(O)=C2/C(=O)C(=O)N(Cc3ccco3)C2c2cccc(C)c2)cc1C. The van der Waals surface area contributed by atoms with Crippen LogP contribution in [0.25, 0.3) is 5.76 Å². The molecule has 2 heterocycles. The first-order valence-electron chi connectivity index (χ1n) is 9.93. The van der Waals surface area contributed by atoms with Gasteiger partial charge in [-0.3, -0.25) is 9.59 Å². The second-order valence-corrected chi connectivity index (χ2v) is 7.60. The smallest absolute Gasteiger partial charge is 0.296 e. The highest BCUT2D eigenvalue weighted by Crippen LogP contribution is 2.40. The lowest BCUT2D eigenvalue weighted by molar-refractivity contribution is -0.140. The number of amides is 1. The molecule has 4 rings (SSSR count). The van der Waals surface area contributed by atoms with Crippen LogP contribution in [-0.4, -0.2) is 28.8 Å². The highest BCUT2D eigenvalue weighted by Gasteiger charge is 2.46. The fourth-order valence-corrected chi connectivity index (χ4v) is 3.98. The molecule has 1 unspecified atom stereocenters. The molecule has 1 saturated heterocycles. The molecule has 6 heteroatoms. The number of hydrogen-bond acceptors (Lipinski definition) is 5. The number of furan rings is 1. The first-order chi connectivity index (χ1) is 14.9. The molecule has 1 aliphatic heterocycles. The van der Waals surface area contributed by atoms with E-state index in [1.54, 1.807) is 37.4 Å². The van der Waals surface area contributed by atoms with Crippen molar-refractivity contribution in [2.75, 3.05) is 7.11 Å². The third-order valence-electron chi connectivity index (χ3n) is 5.47. The molecule has 1 fully saturated rings. The van der Waals surface area contributed by atoms with Gasteiger partial charge < -0.3 is 19.2 Å². The zero-order chi connectivity index (χ0) is 22.1. The number of ether oxygens (including phenoxy) is 1. The van der Waals surface area contributed by atoms with Crippen molar-refractivity contribution in [3.05, 3.63) is 94.4 Å². The average molecular weight is 417 g/mol. The van der Waals surface area contributed by atoms with Crippen molar-refractivity contribution in [2.24, 2.45) is 0 Å². The average Bonchev–Trinajstić information content (AvgIpc) is 3.35. The van der Waals surface area contributed by atoms with E-state index in [2.05, 4.69) is 0 Å². The number of aryl methyl sites for hydroxylation is 2. The first-order valence-corrected chi connectivity index (χ1v) is 9.93. The monoisotopic (exact) mass is 417 g/mol. The van der Waals surface area contributed by atoms with E-state index in [1.807, 2.05) is 38.1 Å². The van der Waals surface area contributed by atoms with Crippen LogP contribution in [0.1, 0.15) is 34.1 Å². The minimum absolute atomic E-state index is 0.0618. The molecule has 1 aliphatic rings. The largest absolute Gasteiger partial charge is 0.507 e. The minimum atomic E-state index is -0.729. The number of carbonyl (C=O) groups is 2. The van der Waals surface area contributed by atoms with Crippen molar-refractivity contribution < 1.29 is 23.8 Å². The Hall–Kier alpha value is -3.80. The van der Waals surface area contributed by atoms with Gasteiger partial charge in [0.1, 0.15) is 17.3 Å². The number of likely N-dealkylation sites (tertiary alicyclic amines) is 1. The molecule has 1 N–H and O–H groups in total. The Bertz CT molecular complexity index is 1180. The number of benzene rings is 2. The Labute approximate surface area is 180 Å². The maximum atomic E-state index is 13.1. The molecule has 0 spiro atoms. The third kappa shape index (κ3) is 3.72. The van der Waals surface area contributed by atoms with Gasteiger partial charge in [0.15, 0.2) is 0 Å². The Morgan fingerprint density at radius 3 is 2.55 bits per heavy atom. The maximum absolute atomic E-state index is 13.1. The lowest BCUT2D eigenvalue weighted by Crippen LogP contribution is -2.29. The van der Waals surface area contributed by atoms with Gasteiger partial charge in [-0.2, -0.15) is 0 Å². The van der Waals surface area contributed by atoms with Crippen molar-refractivity contribution in [3.63, 3.8) is 0 Å². The van der Waals surface area contributed by atoms with E-state index in [4.69, 9.17) is 9.15 Å². The number of aliphatic hydroxyl groups excluding tert-OH is 1. The van der Waals surface area contributed by atoms with Crippen LogP contribution in [0.2, 0.25) is 0 Å². The summed E-state index contributed by atoms with van der Waals surface area (Å²) in [5.41, 5.74) is 3.06. The third-order valence-corrected chi connectivity index (χ3v) is 5.47. The molecule has 0 saturated carbocycles. The summed E-state index contributed by atoms with van der Waals surface area (Å²) in [7, 11) is 1.57. The van der Waals surface area contributed by atoms with Crippen molar-refractivity contribution in [2.45, 2.75) is 26.4 Å². The van der Waals surface area contributed by atoms with Gasteiger partial charge in [-0.1, -0.05) is 29.8 Å². The van der Waals surface area contributed by atoms with E-state index in [-0.39, 0.29) is 17.9 Å². The van der Waals surface area contributed by atoms with Gasteiger partial charge in [0.05, 0.1) is 31.5 Å². The topological polar surface area (TPSA) is 80.0 Å². The van der Waals surface area contributed by atoms with Gasteiger partial charge in [0, 0.05) is 5.56 Å². The fourth-order valence-electron chi connectivity index (χ4n) is 3.98. The predicted molar refractivity (Wildman–Crippen MR) is 115 cm³/mol. The summed E-state index contributed by atoms with van der Waals surface area (Å²) in [4.78, 5) is 27.5. The van der Waals surface area contributed by atoms with Crippen LogP contribution < -0.4 is 4.74 Å². The molecular formula is C25H23NO5. The highest BCUT2D eigenvalue weighted by atomic mass is 16.5. The van der Waals surface area contributed by atoms with E-state index in [9.17, 15) is 14.7 Å². The second-order valence-electron chi connectivity index (χ2n) is 7.60. The van der Waals surface area contributed by atoms with Gasteiger partial charge in [-0.15, -0.1) is 0 Å². The first kappa shape index (κ1) is 20.5. The molecule has 1 amide bonds. The molecule has 31 heavy (non-hydrogen) atoms. The van der Waals surface area contributed by atoms with Gasteiger partial charge in [0.2, 0.25) is 0 Å². The van der Waals surface area contributed by atoms with Crippen molar-refractivity contribution in [1.82, 2.24) is 4.90 Å². The van der Waals surface area contributed by atoms with E-state index in [1.165, 1.54) is 11.2 Å². The van der Waals surface area contributed by atoms with Gasteiger partial charge in [-0.25, -0.2) is 0 Å². The lowest BCUT2D eigenvalue weighted by Gasteiger charge is -2.24. The summed E-state index contributed by atoms with van der Waals surface area (Å²) in [5.74, 6) is -0.374. The lowest BCUT2D eigenvalue weighted by atomic mass is 9.94. The molecule has 6 nitrogen and oxygen atoms in total. The molecular weight excluding hydrogens is 394 g/mol. The van der Waals surface area contributed by atoms with Crippen LogP contribution in [0.3, 0.4) is 0 Å². The van der Waals surface area contributed by atoms with E-state index >= 15 is 0 Å².